The van der Waals surface area contributed by atoms with E-state index >= 15 is 0 Å². The molecule has 0 bridgehead atoms. The predicted molar refractivity (Wildman–Crippen MR) is 92.1 cm³/mol. The van der Waals surface area contributed by atoms with E-state index in [-0.39, 0.29) is 28.0 Å². The SMILES string of the molecule is CC(Oc1cc(Oc2ccc(C(F)(F)F)cc2Cl)ccc1N)O[P+](C)=O. The first-order valence-electron chi connectivity index (χ1n) is 7.24. The standard InChI is InChI=1S/C16H15ClF3NO4P/c1-9(25-26(2)22)23-15-8-11(4-5-13(15)21)24-14-6-3-10(7-12(14)17)16(18,19)20/h3-9H,21H2,1-2H3/q+1. The number of halogens is 4. The molecule has 2 unspecified atom stereocenters. The van der Waals surface area contributed by atoms with E-state index < -0.39 is 26.1 Å². The van der Waals surface area contributed by atoms with Crippen molar-refractivity contribution in [3.05, 3.63) is 47.0 Å². The fraction of sp³-hybridized carbons (Fsp3) is 0.250. The van der Waals surface area contributed by atoms with Crippen molar-refractivity contribution in [3.8, 4) is 17.2 Å². The van der Waals surface area contributed by atoms with Gasteiger partial charge in [-0.3, -0.25) is 0 Å². The molecule has 0 aliphatic rings. The Hall–Kier alpha value is -2.02. The van der Waals surface area contributed by atoms with Gasteiger partial charge >= 0.3 is 14.2 Å². The van der Waals surface area contributed by atoms with Gasteiger partial charge in [-0.25, -0.2) is 0 Å². The molecular formula is C16H15ClF3NO4P+. The molecule has 0 aliphatic carbocycles. The first-order chi connectivity index (χ1) is 12.1. The van der Waals surface area contributed by atoms with Gasteiger partial charge in [0.05, 0.1) is 16.3 Å². The third-order valence-corrected chi connectivity index (χ3v) is 3.95. The maximum absolute atomic E-state index is 12.7. The zero-order valence-corrected chi connectivity index (χ0v) is 15.4. The summed E-state index contributed by atoms with van der Waals surface area (Å²) in [4.78, 5) is 0. The summed E-state index contributed by atoms with van der Waals surface area (Å²) >= 11 is 5.86. The number of ether oxygens (including phenoxy) is 2. The number of nitrogens with two attached hydrogens (primary N) is 1. The van der Waals surface area contributed by atoms with Crippen molar-refractivity contribution in [1.82, 2.24) is 0 Å². The lowest BCUT2D eigenvalue weighted by Crippen LogP contribution is -2.13. The lowest BCUT2D eigenvalue weighted by molar-refractivity contribution is -0.137. The van der Waals surface area contributed by atoms with Crippen LogP contribution < -0.4 is 15.2 Å². The highest BCUT2D eigenvalue weighted by Gasteiger charge is 2.31. The molecule has 0 saturated carbocycles. The molecule has 5 nitrogen and oxygen atoms in total. The fourth-order valence-electron chi connectivity index (χ4n) is 1.98. The molecule has 0 amide bonds. The van der Waals surface area contributed by atoms with E-state index in [4.69, 9.17) is 31.3 Å². The lowest BCUT2D eigenvalue weighted by atomic mass is 10.2. The minimum Gasteiger partial charge on any atom is -0.458 e. The Labute approximate surface area is 153 Å². The van der Waals surface area contributed by atoms with Crippen molar-refractivity contribution in [2.75, 3.05) is 12.4 Å². The minimum atomic E-state index is -4.50. The van der Waals surface area contributed by atoms with Crippen molar-refractivity contribution >= 4 is 25.3 Å². The molecule has 0 aliphatic heterocycles. The van der Waals surface area contributed by atoms with E-state index in [1.807, 2.05) is 0 Å². The molecule has 10 heteroatoms. The van der Waals surface area contributed by atoms with Gasteiger partial charge in [0.2, 0.25) is 6.29 Å². The average Bonchev–Trinajstić information content (AvgIpc) is 2.50. The summed E-state index contributed by atoms with van der Waals surface area (Å²) in [5, 5.41) is -0.196. The van der Waals surface area contributed by atoms with Crippen LogP contribution in [0, 0.1) is 0 Å². The van der Waals surface area contributed by atoms with Crippen LogP contribution in [0.25, 0.3) is 0 Å². The number of benzene rings is 2. The summed E-state index contributed by atoms with van der Waals surface area (Å²) in [6, 6.07) is 7.17. The van der Waals surface area contributed by atoms with Crippen LogP contribution in [0.3, 0.4) is 0 Å². The molecule has 140 valence electrons. The highest BCUT2D eigenvalue weighted by Crippen LogP contribution is 2.38. The van der Waals surface area contributed by atoms with Crippen LogP contribution in [0.1, 0.15) is 12.5 Å². The van der Waals surface area contributed by atoms with Crippen LogP contribution in [0.15, 0.2) is 36.4 Å². The molecule has 2 aromatic rings. The normalized spacial score (nSPS) is 13.2. The second-order valence-electron chi connectivity index (χ2n) is 5.18. The largest absolute Gasteiger partial charge is 0.508 e. The van der Waals surface area contributed by atoms with Gasteiger partial charge in [-0.1, -0.05) is 11.6 Å². The van der Waals surface area contributed by atoms with Crippen LogP contribution in [0.4, 0.5) is 18.9 Å². The van der Waals surface area contributed by atoms with Gasteiger partial charge in [-0.05, 0) is 34.9 Å². The third kappa shape index (κ3) is 5.49. The quantitative estimate of drug-likeness (QED) is 0.369. The topological polar surface area (TPSA) is 70.8 Å². The molecule has 0 saturated heterocycles. The van der Waals surface area contributed by atoms with Gasteiger partial charge in [0.25, 0.3) is 0 Å². The maximum atomic E-state index is 12.7. The van der Waals surface area contributed by atoms with E-state index in [9.17, 15) is 17.7 Å². The van der Waals surface area contributed by atoms with Crippen LogP contribution in [0.2, 0.25) is 5.02 Å². The molecule has 2 atom stereocenters. The second kappa shape index (κ2) is 8.12. The molecule has 26 heavy (non-hydrogen) atoms. The molecular weight excluding hydrogens is 394 g/mol. The monoisotopic (exact) mass is 408 g/mol. The number of hydrogen-bond acceptors (Lipinski definition) is 5. The molecule has 0 heterocycles. The van der Waals surface area contributed by atoms with Crippen molar-refractivity contribution in [3.63, 3.8) is 0 Å². The lowest BCUT2D eigenvalue weighted by Gasteiger charge is -2.14. The highest BCUT2D eigenvalue weighted by atomic mass is 35.5. The summed E-state index contributed by atoms with van der Waals surface area (Å²) in [5.41, 5.74) is 5.20. The van der Waals surface area contributed by atoms with Gasteiger partial charge in [0.1, 0.15) is 17.2 Å². The summed E-state index contributed by atoms with van der Waals surface area (Å²) in [6.45, 7) is 2.92. The Morgan fingerprint density at radius 2 is 1.85 bits per heavy atom. The van der Waals surface area contributed by atoms with Crippen LogP contribution >= 0.6 is 19.6 Å². The van der Waals surface area contributed by atoms with Gasteiger partial charge in [0, 0.05) is 13.0 Å². The molecule has 2 N–H and O–H groups in total. The Bertz CT molecular complexity index is 817. The number of rotatable bonds is 6. The highest BCUT2D eigenvalue weighted by molar-refractivity contribution is 7.38. The van der Waals surface area contributed by atoms with E-state index in [0.29, 0.717) is 0 Å². The van der Waals surface area contributed by atoms with Crippen molar-refractivity contribution in [2.24, 2.45) is 0 Å². The predicted octanol–water partition coefficient (Wildman–Crippen LogP) is 5.85. The van der Waals surface area contributed by atoms with E-state index in [0.717, 1.165) is 18.2 Å². The molecule has 0 radical (unpaired) electrons. The second-order valence-corrected chi connectivity index (χ2v) is 6.67. The van der Waals surface area contributed by atoms with Gasteiger partial charge in [0.15, 0.2) is 6.66 Å². The van der Waals surface area contributed by atoms with E-state index in [2.05, 4.69) is 0 Å². The van der Waals surface area contributed by atoms with Crippen molar-refractivity contribution in [1.29, 1.82) is 0 Å². The maximum Gasteiger partial charge on any atom is 0.508 e. The van der Waals surface area contributed by atoms with E-state index in [1.165, 1.54) is 31.8 Å². The number of anilines is 1. The van der Waals surface area contributed by atoms with Crippen molar-refractivity contribution in [2.45, 2.75) is 19.4 Å². The van der Waals surface area contributed by atoms with Gasteiger partial charge in [-0.15, -0.1) is 4.52 Å². The summed E-state index contributed by atoms with van der Waals surface area (Å²) in [5.74, 6) is 0.482. The summed E-state index contributed by atoms with van der Waals surface area (Å²) in [7, 11) is -1.87. The van der Waals surface area contributed by atoms with Crippen molar-refractivity contribution < 1.29 is 31.7 Å². The summed E-state index contributed by atoms with van der Waals surface area (Å²) in [6.07, 6.45) is -5.32. The molecule has 0 spiro atoms. The Kier molecular flexibility index (Phi) is 6.34. The summed E-state index contributed by atoms with van der Waals surface area (Å²) < 4.78 is 65.0. The Morgan fingerprint density at radius 1 is 1.15 bits per heavy atom. The smallest absolute Gasteiger partial charge is 0.458 e. The minimum absolute atomic E-state index is 0.0383. The third-order valence-electron chi connectivity index (χ3n) is 3.06. The van der Waals surface area contributed by atoms with E-state index in [1.54, 1.807) is 0 Å². The zero-order valence-electron chi connectivity index (χ0n) is 13.7. The Balaban J connectivity index is 2.20. The van der Waals surface area contributed by atoms with Crippen LogP contribution in [-0.2, 0) is 15.3 Å². The number of hydrogen-bond donors (Lipinski definition) is 1. The number of nitrogen functional groups attached to an aromatic ring is 1. The molecule has 0 aromatic heterocycles. The molecule has 0 fully saturated rings. The van der Waals surface area contributed by atoms with Gasteiger partial charge < -0.3 is 15.2 Å². The molecule has 2 aromatic carbocycles. The number of alkyl halides is 3. The Morgan fingerprint density at radius 3 is 2.42 bits per heavy atom. The fourth-order valence-corrected chi connectivity index (χ4v) is 2.66. The first-order valence-corrected chi connectivity index (χ1v) is 9.25. The van der Waals surface area contributed by atoms with Crippen LogP contribution in [-0.4, -0.2) is 13.0 Å². The average molecular weight is 409 g/mol. The molecule has 2 rings (SSSR count). The first kappa shape index (κ1) is 20.3. The van der Waals surface area contributed by atoms with Gasteiger partial charge in [-0.2, -0.15) is 13.2 Å². The van der Waals surface area contributed by atoms with Crippen LogP contribution in [0.5, 0.6) is 17.2 Å². The zero-order chi connectivity index (χ0) is 19.5.